The van der Waals surface area contributed by atoms with Gasteiger partial charge in [-0.3, -0.25) is 4.68 Å². The van der Waals surface area contributed by atoms with Crippen molar-refractivity contribution in [3.8, 4) is 0 Å². The van der Waals surface area contributed by atoms with E-state index in [2.05, 4.69) is 10.1 Å². The number of halogens is 2. The molecule has 20 heavy (non-hydrogen) atoms. The van der Waals surface area contributed by atoms with Gasteiger partial charge < -0.3 is 9.55 Å². The summed E-state index contributed by atoms with van der Waals surface area (Å²) in [6, 6.07) is 4.43. The van der Waals surface area contributed by atoms with E-state index in [1.54, 1.807) is 15.4 Å². The van der Waals surface area contributed by atoms with Gasteiger partial charge in [0.05, 0.1) is 5.52 Å². The smallest absolute Gasteiger partial charge is 0.184 e. The highest BCUT2D eigenvalue weighted by Gasteiger charge is 2.13. The van der Waals surface area contributed by atoms with Crippen molar-refractivity contribution in [2.24, 2.45) is 0 Å². The van der Waals surface area contributed by atoms with Crippen molar-refractivity contribution >= 4 is 23.3 Å². The largest absolute Gasteiger partial charge is 0.330 e. The Labute approximate surface area is 118 Å². The van der Waals surface area contributed by atoms with Crippen LogP contribution < -0.4 is 0 Å². The van der Waals surface area contributed by atoms with E-state index in [9.17, 15) is 8.78 Å². The van der Waals surface area contributed by atoms with E-state index in [1.807, 2.05) is 12.3 Å². The molecule has 0 spiro atoms. The molecule has 7 heteroatoms. The molecule has 3 rings (SSSR count). The highest BCUT2D eigenvalue weighted by molar-refractivity contribution is 7.71. The number of nitrogens with zero attached hydrogens (tertiary/aromatic N) is 3. The normalized spacial score (nSPS) is 11.3. The highest BCUT2D eigenvalue weighted by Crippen LogP contribution is 2.20. The van der Waals surface area contributed by atoms with Gasteiger partial charge in [-0.05, 0) is 36.8 Å². The average Bonchev–Trinajstić information content (AvgIpc) is 3.03. The van der Waals surface area contributed by atoms with E-state index >= 15 is 0 Å². The van der Waals surface area contributed by atoms with Gasteiger partial charge in [-0.15, -0.1) is 0 Å². The first-order chi connectivity index (χ1) is 9.66. The lowest BCUT2D eigenvalue weighted by molar-refractivity contribution is 0.501. The molecule has 104 valence electrons. The second-order valence-electron chi connectivity index (χ2n) is 4.46. The standard InChI is InChI=1S/C13H12F2N4S/c14-9-3-4-10-12(11(9)15)19(13(20)17-10)8-2-7-18-6-1-5-16-18/h1,3-6H,2,7-8H2,(H,17,20). The van der Waals surface area contributed by atoms with Gasteiger partial charge in [-0.2, -0.15) is 5.10 Å². The van der Waals surface area contributed by atoms with Crippen LogP contribution in [0.2, 0.25) is 0 Å². The number of nitrogens with one attached hydrogen (secondary N) is 1. The summed E-state index contributed by atoms with van der Waals surface area (Å²) in [6.45, 7) is 1.19. The summed E-state index contributed by atoms with van der Waals surface area (Å²) in [4.78, 5) is 2.89. The van der Waals surface area contributed by atoms with Gasteiger partial charge in [0, 0.05) is 25.5 Å². The number of aromatic amines is 1. The van der Waals surface area contributed by atoms with Crippen LogP contribution in [0.4, 0.5) is 8.78 Å². The van der Waals surface area contributed by atoms with Crippen molar-refractivity contribution in [3.63, 3.8) is 0 Å². The fourth-order valence-electron chi connectivity index (χ4n) is 2.23. The molecule has 0 saturated heterocycles. The fourth-order valence-corrected chi connectivity index (χ4v) is 2.52. The fraction of sp³-hybridized carbons (Fsp3) is 0.231. The van der Waals surface area contributed by atoms with Crippen molar-refractivity contribution < 1.29 is 8.78 Å². The maximum atomic E-state index is 13.9. The highest BCUT2D eigenvalue weighted by atomic mass is 32.1. The van der Waals surface area contributed by atoms with Crippen molar-refractivity contribution in [3.05, 3.63) is 47.0 Å². The van der Waals surface area contributed by atoms with Gasteiger partial charge in [0.15, 0.2) is 16.4 Å². The summed E-state index contributed by atoms with van der Waals surface area (Å²) < 4.78 is 31.0. The first kappa shape index (κ1) is 13.0. The summed E-state index contributed by atoms with van der Waals surface area (Å²) in [6.07, 6.45) is 4.28. The van der Waals surface area contributed by atoms with Gasteiger partial charge in [-0.1, -0.05) is 0 Å². The summed E-state index contributed by atoms with van der Waals surface area (Å²) in [5.41, 5.74) is 0.698. The molecular formula is C13H12F2N4S. The minimum absolute atomic E-state index is 0.190. The summed E-state index contributed by atoms with van der Waals surface area (Å²) in [7, 11) is 0. The number of H-pyrrole nitrogens is 1. The predicted octanol–water partition coefficient (Wildman–Crippen LogP) is 3.26. The Morgan fingerprint density at radius 3 is 2.85 bits per heavy atom. The molecule has 0 radical (unpaired) electrons. The number of fused-ring (bicyclic) bond motifs is 1. The average molecular weight is 294 g/mol. The predicted molar refractivity (Wildman–Crippen MR) is 73.9 cm³/mol. The Morgan fingerprint density at radius 2 is 2.10 bits per heavy atom. The van der Waals surface area contributed by atoms with Crippen LogP contribution in [-0.4, -0.2) is 19.3 Å². The lowest BCUT2D eigenvalue weighted by Crippen LogP contribution is -2.05. The lowest BCUT2D eigenvalue weighted by Gasteiger charge is -2.06. The molecule has 3 aromatic rings. The Bertz CT molecular complexity index is 789. The molecule has 4 nitrogen and oxygen atoms in total. The van der Waals surface area contributed by atoms with Crippen LogP contribution in [0.15, 0.2) is 30.6 Å². The molecule has 1 N–H and O–H groups in total. The van der Waals surface area contributed by atoms with Crippen molar-refractivity contribution in [2.45, 2.75) is 19.5 Å². The van der Waals surface area contributed by atoms with Crippen LogP contribution in [0.3, 0.4) is 0 Å². The van der Waals surface area contributed by atoms with E-state index in [1.165, 1.54) is 6.07 Å². The zero-order chi connectivity index (χ0) is 14.1. The second kappa shape index (κ2) is 5.16. The number of imidazole rings is 1. The molecule has 0 aliphatic carbocycles. The molecule has 0 atom stereocenters. The van der Waals surface area contributed by atoms with E-state index in [0.29, 0.717) is 23.4 Å². The molecule has 2 heterocycles. The molecule has 0 saturated carbocycles. The van der Waals surface area contributed by atoms with Crippen molar-refractivity contribution in [2.75, 3.05) is 0 Å². The first-order valence-electron chi connectivity index (χ1n) is 6.21. The minimum atomic E-state index is -0.868. The molecule has 0 bridgehead atoms. The monoisotopic (exact) mass is 294 g/mol. The van der Waals surface area contributed by atoms with Crippen LogP contribution in [0.25, 0.3) is 11.0 Å². The quantitative estimate of drug-likeness (QED) is 0.750. The third-order valence-corrected chi connectivity index (χ3v) is 3.48. The summed E-state index contributed by atoms with van der Waals surface area (Å²) >= 11 is 5.17. The van der Waals surface area contributed by atoms with Crippen LogP contribution >= 0.6 is 12.2 Å². The molecule has 0 aliphatic rings. The second-order valence-corrected chi connectivity index (χ2v) is 4.85. The van der Waals surface area contributed by atoms with Gasteiger partial charge in [0.25, 0.3) is 0 Å². The van der Waals surface area contributed by atoms with Crippen LogP contribution in [-0.2, 0) is 13.1 Å². The SMILES string of the molecule is Fc1ccc2[nH]c(=S)n(CCCn3cccn3)c2c1F. The van der Waals surface area contributed by atoms with E-state index in [4.69, 9.17) is 12.2 Å². The van der Waals surface area contributed by atoms with Crippen molar-refractivity contribution in [1.82, 2.24) is 19.3 Å². The minimum Gasteiger partial charge on any atom is -0.330 e. The summed E-state index contributed by atoms with van der Waals surface area (Å²) in [5.74, 6) is -1.73. The number of hydrogen-bond acceptors (Lipinski definition) is 2. The van der Waals surface area contributed by atoms with Gasteiger partial charge in [0.2, 0.25) is 0 Å². The Hall–Kier alpha value is -2.02. The Morgan fingerprint density at radius 1 is 1.25 bits per heavy atom. The van der Waals surface area contributed by atoms with Crippen LogP contribution in [0.5, 0.6) is 0 Å². The summed E-state index contributed by atoms with van der Waals surface area (Å²) in [5, 5.41) is 4.09. The van der Waals surface area contributed by atoms with E-state index in [-0.39, 0.29) is 5.52 Å². The first-order valence-corrected chi connectivity index (χ1v) is 6.61. The molecule has 0 fully saturated rings. The molecule has 0 aliphatic heterocycles. The molecular weight excluding hydrogens is 282 g/mol. The molecule has 2 aromatic heterocycles. The Balaban J connectivity index is 1.89. The zero-order valence-corrected chi connectivity index (χ0v) is 11.3. The van der Waals surface area contributed by atoms with Gasteiger partial charge in [0.1, 0.15) is 5.52 Å². The maximum Gasteiger partial charge on any atom is 0.184 e. The van der Waals surface area contributed by atoms with Crippen LogP contribution in [0, 0.1) is 16.4 Å². The van der Waals surface area contributed by atoms with E-state index < -0.39 is 11.6 Å². The number of benzene rings is 1. The number of rotatable bonds is 4. The molecule has 1 aromatic carbocycles. The number of aryl methyl sites for hydroxylation is 2. The molecule has 0 unspecified atom stereocenters. The molecule has 0 amide bonds. The van der Waals surface area contributed by atoms with E-state index in [0.717, 1.165) is 12.5 Å². The zero-order valence-electron chi connectivity index (χ0n) is 10.5. The number of hydrogen-bond donors (Lipinski definition) is 1. The van der Waals surface area contributed by atoms with Crippen LogP contribution in [0.1, 0.15) is 6.42 Å². The number of aromatic nitrogens is 4. The maximum absolute atomic E-state index is 13.9. The van der Waals surface area contributed by atoms with Gasteiger partial charge in [-0.25, -0.2) is 8.78 Å². The topological polar surface area (TPSA) is 38.5 Å². The lowest BCUT2D eigenvalue weighted by atomic mass is 10.3. The Kier molecular flexibility index (Phi) is 3.35. The van der Waals surface area contributed by atoms with Gasteiger partial charge >= 0.3 is 0 Å². The van der Waals surface area contributed by atoms with Crippen molar-refractivity contribution in [1.29, 1.82) is 0 Å². The third kappa shape index (κ3) is 2.24. The third-order valence-electron chi connectivity index (χ3n) is 3.15.